The number of rotatable bonds is 4. The van der Waals surface area contributed by atoms with Crippen LogP contribution in [0.4, 0.5) is 54.0 Å². The predicted molar refractivity (Wildman–Crippen MR) is 76.7 cm³/mol. The minimum atomic E-state index is -7.40. The molecule has 1 amide bonds. The molecule has 30 heavy (non-hydrogen) atoms. The molecule has 0 unspecified atom stereocenters. The fourth-order valence-corrected chi connectivity index (χ4v) is 2.62. The highest BCUT2D eigenvalue weighted by Gasteiger charge is 3.02. The Morgan fingerprint density at radius 1 is 0.733 bits per heavy atom. The second-order valence-electron chi connectivity index (χ2n) is 6.05. The molecule has 0 heterocycles. The van der Waals surface area contributed by atoms with Crippen LogP contribution < -0.4 is 14.8 Å². The van der Waals surface area contributed by atoms with Gasteiger partial charge >= 0.3 is 35.3 Å². The molecule has 1 N–H and O–H groups in total. The number of ether oxygens (including phenoxy) is 2. The number of benzene rings is 1. The first kappa shape index (κ1) is 23.8. The number of hydrogen-bond donors (Lipinski definition) is 1. The summed E-state index contributed by atoms with van der Waals surface area (Å²) in [5.74, 6) is -40.7. The molecule has 0 bridgehead atoms. The summed E-state index contributed by atoms with van der Waals surface area (Å²) < 4.78 is 160. The standard InChI is InChI=1S/C15H10F11NO3/c1-29-6-3-4-7(8(5-6)30-2)27-9(28)10(16)11(17,18)13(21,22)15(25,26)14(23,24)12(10,19)20/h3-5H,1-2H3,(H,27,28). The summed E-state index contributed by atoms with van der Waals surface area (Å²) in [5, 5.41) is 0.971. The average Bonchev–Trinajstić information content (AvgIpc) is 2.65. The van der Waals surface area contributed by atoms with E-state index in [1.165, 1.54) is 0 Å². The van der Waals surface area contributed by atoms with Crippen molar-refractivity contribution in [2.45, 2.75) is 35.3 Å². The van der Waals surface area contributed by atoms with Crippen molar-refractivity contribution >= 4 is 11.6 Å². The number of carbonyl (C=O) groups excluding carboxylic acids is 1. The van der Waals surface area contributed by atoms with E-state index in [-0.39, 0.29) is 5.75 Å². The minimum absolute atomic E-state index is 0.0363. The van der Waals surface area contributed by atoms with Crippen molar-refractivity contribution in [2.24, 2.45) is 0 Å². The first-order valence-electron chi connectivity index (χ1n) is 7.50. The van der Waals surface area contributed by atoms with Gasteiger partial charge in [0.15, 0.2) is 0 Å². The topological polar surface area (TPSA) is 47.6 Å². The zero-order chi connectivity index (χ0) is 23.6. The second-order valence-corrected chi connectivity index (χ2v) is 6.05. The van der Waals surface area contributed by atoms with E-state index in [1.54, 1.807) is 0 Å². The predicted octanol–water partition coefficient (Wildman–Crippen LogP) is 4.54. The van der Waals surface area contributed by atoms with Crippen LogP contribution in [0.25, 0.3) is 0 Å². The Morgan fingerprint density at radius 2 is 1.17 bits per heavy atom. The van der Waals surface area contributed by atoms with Crippen molar-refractivity contribution in [3.8, 4) is 11.5 Å². The normalized spacial score (nSPS) is 24.6. The molecule has 1 aromatic rings. The lowest BCUT2D eigenvalue weighted by Gasteiger charge is -2.51. The lowest BCUT2D eigenvalue weighted by Crippen LogP contribution is -2.86. The summed E-state index contributed by atoms with van der Waals surface area (Å²) in [7, 11) is 2.00. The lowest BCUT2D eigenvalue weighted by atomic mass is 9.71. The van der Waals surface area contributed by atoms with Gasteiger partial charge in [-0.25, -0.2) is 4.39 Å². The molecule has 2 rings (SSSR count). The Bertz CT molecular complexity index is 826. The SMILES string of the molecule is COc1ccc(NC(=O)C2(F)C(F)(F)C(F)(F)C(F)(F)C(F)(F)C2(F)F)c(OC)c1. The van der Waals surface area contributed by atoms with Crippen molar-refractivity contribution < 1.29 is 62.6 Å². The number of alkyl halides is 11. The second kappa shape index (κ2) is 6.51. The zero-order valence-corrected chi connectivity index (χ0v) is 14.6. The van der Waals surface area contributed by atoms with Gasteiger partial charge in [0.05, 0.1) is 19.9 Å². The first-order valence-corrected chi connectivity index (χ1v) is 7.50. The van der Waals surface area contributed by atoms with Gasteiger partial charge in [0.2, 0.25) is 0 Å². The summed E-state index contributed by atoms with van der Waals surface area (Å²) in [6.07, 6.45) is 0. The van der Waals surface area contributed by atoms with Crippen LogP contribution in [0.5, 0.6) is 11.5 Å². The number of hydrogen-bond acceptors (Lipinski definition) is 3. The lowest BCUT2D eigenvalue weighted by molar-refractivity contribution is -0.475. The molecule has 1 fully saturated rings. The van der Waals surface area contributed by atoms with E-state index in [9.17, 15) is 53.1 Å². The summed E-state index contributed by atoms with van der Waals surface area (Å²) in [6, 6.07) is 2.48. The van der Waals surface area contributed by atoms with E-state index in [4.69, 9.17) is 4.74 Å². The molecule has 170 valence electrons. The third-order valence-corrected chi connectivity index (χ3v) is 4.41. The maximum absolute atomic E-state index is 14.7. The molecule has 1 saturated carbocycles. The van der Waals surface area contributed by atoms with E-state index < -0.39 is 52.6 Å². The Hall–Kier alpha value is -2.48. The Morgan fingerprint density at radius 3 is 1.57 bits per heavy atom. The molecule has 0 aliphatic heterocycles. The van der Waals surface area contributed by atoms with E-state index >= 15 is 0 Å². The van der Waals surface area contributed by atoms with Crippen LogP contribution >= 0.6 is 0 Å². The average molecular weight is 461 g/mol. The highest BCUT2D eigenvalue weighted by Crippen LogP contribution is 2.69. The Balaban J connectivity index is 2.67. The number of carbonyl (C=O) groups is 1. The molecule has 1 aliphatic carbocycles. The van der Waals surface area contributed by atoms with Gasteiger partial charge in [0.25, 0.3) is 5.91 Å². The largest absolute Gasteiger partial charge is 0.497 e. The number of amides is 1. The van der Waals surface area contributed by atoms with Crippen LogP contribution in [0.15, 0.2) is 18.2 Å². The van der Waals surface area contributed by atoms with Gasteiger partial charge in [0, 0.05) is 6.07 Å². The molecule has 0 atom stereocenters. The smallest absolute Gasteiger partial charge is 0.384 e. The fraction of sp³-hybridized carbons (Fsp3) is 0.533. The number of nitrogens with one attached hydrogen (secondary N) is 1. The molecule has 0 saturated heterocycles. The van der Waals surface area contributed by atoms with Gasteiger partial charge in [-0.15, -0.1) is 0 Å². The van der Waals surface area contributed by atoms with Crippen LogP contribution in [-0.2, 0) is 4.79 Å². The number of halogens is 11. The molecule has 0 radical (unpaired) electrons. The van der Waals surface area contributed by atoms with Crippen LogP contribution in [-0.4, -0.2) is 55.4 Å². The van der Waals surface area contributed by atoms with Crippen LogP contribution in [0.2, 0.25) is 0 Å². The van der Waals surface area contributed by atoms with E-state index in [2.05, 4.69) is 4.74 Å². The van der Waals surface area contributed by atoms with E-state index in [1.807, 2.05) is 0 Å². The fourth-order valence-electron chi connectivity index (χ4n) is 2.62. The van der Waals surface area contributed by atoms with Crippen molar-refractivity contribution in [2.75, 3.05) is 19.5 Å². The molecular formula is C15H10F11NO3. The van der Waals surface area contributed by atoms with Crippen molar-refractivity contribution in [1.82, 2.24) is 0 Å². The van der Waals surface area contributed by atoms with Gasteiger partial charge in [-0.1, -0.05) is 0 Å². The van der Waals surface area contributed by atoms with Crippen LogP contribution in [0, 0.1) is 0 Å². The Labute approximate surface area is 159 Å². The monoisotopic (exact) mass is 461 g/mol. The molecule has 15 heteroatoms. The highest BCUT2D eigenvalue weighted by molar-refractivity contribution is 6.00. The molecule has 4 nitrogen and oxygen atoms in total. The maximum Gasteiger partial charge on any atom is 0.384 e. The molecular weight excluding hydrogens is 451 g/mol. The van der Waals surface area contributed by atoms with Gasteiger partial charge in [-0.2, -0.15) is 43.9 Å². The number of methoxy groups -OCH3 is 2. The molecule has 1 aromatic carbocycles. The van der Waals surface area contributed by atoms with Gasteiger partial charge in [-0.05, 0) is 12.1 Å². The Kier molecular flexibility index (Phi) is 5.16. The van der Waals surface area contributed by atoms with E-state index in [0.717, 1.165) is 31.7 Å². The third-order valence-electron chi connectivity index (χ3n) is 4.41. The minimum Gasteiger partial charge on any atom is -0.497 e. The molecule has 0 aromatic heterocycles. The summed E-state index contributed by atoms with van der Waals surface area (Å²) in [6.45, 7) is 0. The van der Waals surface area contributed by atoms with Crippen molar-refractivity contribution in [3.63, 3.8) is 0 Å². The van der Waals surface area contributed by atoms with Crippen LogP contribution in [0.1, 0.15) is 0 Å². The number of anilines is 1. The summed E-state index contributed by atoms with van der Waals surface area (Å²) >= 11 is 0. The first-order chi connectivity index (χ1) is 13.4. The van der Waals surface area contributed by atoms with Crippen LogP contribution in [0.3, 0.4) is 0 Å². The van der Waals surface area contributed by atoms with Crippen molar-refractivity contribution in [3.05, 3.63) is 18.2 Å². The quantitative estimate of drug-likeness (QED) is 0.671. The summed E-state index contributed by atoms with van der Waals surface area (Å²) in [5.41, 5.74) is -7.71. The third kappa shape index (κ3) is 2.49. The van der Waals surface area contributed by atoms with E-state index in [0.29, 0.717) is 6.07 Å². The zero-order valence-electron chi connectivity index (χ0n) is 14.6. The van der Waals surface area contributed by atoms with Crippen molar-refractivity contribution in [1.29, 1.82) is 0 Å². The molecule has 1 aliphatic rings. The van der Waals surface area contributed by atoms with Gasteiger partial charge in [0.1, 0.15) is 11.5 Å². The molecule has 0 spiro atoms. The van der Waals surface area contributed by atoms with Gasteiger partial charge < -0.3 is 14.8 Å². The summed E-state index contributed by atoms with van der Waals surface area (Å²) in [4.78, 5) is 11.9. The maximum atomic E-state index is 14.7. The van der Waals surface area contributed by atoms with Gasteiger partial charge in [-0.3, -0.25) is 4.79 Å². The highest BCUT2D eigenvalue weighted by atomic mass is 19.4.